The number of quaternary nitrogens is 1. The van der Waals surface area contributed by atoms with E-state index in [-0.39, 0.29) is 12.0 Å². The normalized spacial score (nSPS) is 15.6. The van der Waals surface area contributed by atoms with Gasteiger partial charge in [0.2, 0.25) is 0 Å². The summed E-state index contributed by atoms with van der Waals surface area (Å²) in [6.07, 6.45) is -1.05. The van der Waals surface area contributed by atoms with E-state index < -0.39 is 26.0 Å². The van der Waals surface area contributed by atoms with Crippen LogP contribution >= 0.6 is 7.82 Å². The molecule has 0 aromatic heterocycles. The van der Waals surface area contributed by atoms with E-state index in [1.54, 1.807) is 6.92 Å². The highest BCUT2D eigenvalue weighted by atomic mass is 31.2. The number of likely N-dealkylation sites (N-methyl/N-ethyl adjacent to an activating group) is 1. The van der Waals surface area contributed by atoms with Crippen LogP contribution in [0.5, 0.6) is 0 Å². The van der Waals surface area contributed by atoms with Crippen LogP contribution in [0.4, 0.5) is 0 Å². The predicted molar refractivity (Wildman–Crippen MR) is 74.8 cm³/mol. The minimum atomic E-state index is -4.59. The third kappa shape index (κ3) is 10.1. The Kier molecular flexibility index (Phi) is 7.07. The van der Waals surface area contributed by atoms with Gasteiger partial charge in [-0.3, -0.25) is 4.52 Å². The maximum atomic E-state index is 11.4. The molecule has 0 bridgehead atoms. The van der Waals surface area contributed by atoms with Gasteiger partial charge < -0.3 is 19.0 Å². The van der Waals surface area contributed by atoms with Gasteiger partial charge in [0.25, 0.3) is 0 Å². The van der Waals surface area contributed by atoms with Crippen molar-refractivity contribution >= 4 is 13.8 Å². The van der Waals surface area contributed by atoms with E-state index in [9.17, 15) is 9.36 Å². The van der Waals surface area contributed by atoms with Crippen molar-refractivity contribution in [1.29, 1.82) is 0 Å². The van der Waals surface area contributed by atoms with E-state index in [1.165, 1.54) is 6.92 Å². The zero-order chi connectivity index (χ0) is 16.1. The van der Waals surface area contributed by atoms with Gasteiger partial charge in [0, 0.05) is 12.0 Å². The smallest absolute Gasteiger partial charge is 0.459 e. The Balaban J connectivity index is 4.67. The lowest BCUT2D eigenvalue weighted by Gasteiger charge is -2.30. The number of hydrogen-bond donors (Lipinski definition) is 2. The average molecular weight is 310 g/mol. The first kappa shape index (κ1) is 19.3. The van der Waals surface area contributed by atoms with Crippen molar-refractivity contribution in [2.24, 2.45) is 0 Å². The SMILES string of the molecule is C=C(C)C(=O)OC(C)CC(C[N+](C)(C)C)OP(=O)(O)O. The van der Waals surface area contributed by atoms with Crippen LogP contribution in [-0.4, -0.2) is 60.1 Å². The van der Waals surface area contributed by atoms with Gasteiger partial charge in [-0.25, -0.2) is 9.36 Å². The number of ether oxygens (including phenoxy) is 1. The Morgan fingerprint density at radius 2 is 1.85 bits per heavy atom. The topological polar surface area (TPSA) is 93.1 Å². The zero-order valence-electron chi connectivity index (χ0n) is 12.7. The Hall–Kier alpha value is -0.720. The average Bonchev–Trinajstić information content (AvgIpc) is 2.10. The Morgan fingerprint density at radius 3 is 2.20 bits per heavy atom. The first-order valence-corrected chi connectivity index (χ1v) is 7.74. The maximum Gasteiger partial charge on any atom is 0.470 e. The van der Waals surface area contributed by atoms with Gasteiger partial charge in [-0.15, -0.1) is 0 Å². The van der Waals surface area contributed by atoms with Gasteiger partial charge in [0.1, 0.15) is 18.8 Å². The number of esters is 1. The molecule has 0 aliphatic rings. The van der Waals surface area contributed by atoms with Gasteiger partial charge in [-0.1, -0.05) is 6.58 Å². The van der Waals surface area contributed by atoms with E-state index in [1.807, 2.05) is 21.1 Å². The van der Waals surface area contributed by atoms with Crippen molar-refractivity contribution < 1.29 is 32.9 Å². The molecule has 0 aromatic rings. The van der Waals surface area contributed by atoms with Crippen LogP contribution < -0.4 is 0 Å². The fraction of sp³-hybridized carbons (Fsp3) is 0.750. The number of rotatable bonds is 8. The summed E-state index contributed by atoms with van der Waals surface area (Å²) in [7, 11) is 1.04. The molecular weight excluding hydrogens is 285 g/mol. The highest BCUT2D eigenvalue weighted by Crippen LogP contribution is 2.39. The summed E-state index contributed by atoms with van der Waals surface area (Å²) in [6, 6.07) is 0. The zero-order valence-corrected chi connectivity index (χ0v) is 13.6. The molecule has 0 heterocycles. The van der Waals surface area contributed by atoms with Crippen LogP contribution in [0.3, 0.4) is 0 Å². The third-order valence-electron chi connectivity index (χ3n) is 2.29. The first-order valence-electron chi connectivity index (χ1n) is 6.21. The molecule has 0 aliphatic carbocycles. The van der Waals surface area contributed by atoms with Gasteiger partial charge in [0.05, 0.1) is 21.1 Å². The van der Waals surface area contributed by atoms with Crippen molar-refractivity contribution in [1.82, 2.24) is 0 Å². The van der Waals surface area contributed by atoms with Crippen molar-refractivity contribution in [3.05, 3.63) is 12.2 Å². The Morgan fingerprint density at radius 1 is 1.35 bits per heavy atom. The van der Waals surface area contributed by atoms with Crippen LogP contribution in [0.25, 0.3) is 0 Å². The minimum absolute atomic E-state index is 0.194. The summed E-state index contributed by atoms with van der Waals surface area (Å²) >= 11 is 0. The first-order chi connectivity index (χ1) is 8.80. The summed E-state index contributed by atoms with van der Waals surface area (Å²) in [5, 5.41) is 0. The van der Waals surface area contributed by atoms with E-state index in [0.29, 0.717) is 11.0 Å². The molecule has 0 saturated carbocycles. The van der Waals surface area contributed by atoms with Gasteiger partial charge in [-0.2, -0.15) is 0 Å². The molecule has 0 spiro atoms. The lowest BCUT2D eigenvalue weighted by molar-refractivity contribution is -0.873. The standard InChI is InChI=1S/C12H24NO6P/c1-9(2)12(14)18-10(3)7-11(8-13(4,5)6)19-20(15,16)17/h10-11H,1,7-8H2,2-6H3,(H-,15,16,17)/p+1. The number of carbonyl (C=O) groups is 1. The van der Waals surface area contributed by atoms with Gasteiger partial charge >= 0.3 is 13.8 Å². The highest BCUT2D eigenvalue weighted by molar-refractivity contribution is 7.46. The quantitative estimate of drug-likeness (QED) is 0.301. The predicted octanol–water partition coefficient (Wildman–Crippen LogP) is 1.07. The number of nitrogens with zero attached hydrogens (tertiary/aromatic N) is 1. The molecule has 2 atom stereocenters. The van der Waals surface area contributed by atoms with Crippen molar-refractivity contribution in [2.75, 3.05) is 27.7 Å². The summed E-state index contributed by atoms with van der Waals surface area (Å²) in [5.41, 5.74) is 0.274. The van der Waals surface area contributed by atoms with Crippen LogP contribution in [0.2, 0.25) is 0 Å². The van der Waals surface area contributed by atoms with Crippen LogP contribution in [-0.2, 0) is 18.6 Å². The second-order valence-electron chi connectivity index (χ2n) is 5.92. The number of phosphoric acid groups is 1. The summed E-state index contributed by atoms with van der Waals surface area (Å²) in [4.78, 5) is 29.2. The van der Waals surface area contributed by atoms with Gasteiger partial charge in [0.15, 0.2) is 0 Å². The van der Waals surface area contributed by atoms with E-state index in [4.69, 9.17) is 19.0 Å². The summed E-state index contributed by atoms with van der Waals surface area (Å²) in [5.74, 6) is -0.530. The maximum absolute atomic E-state index is 11.4. The lowest BCUT2D eigenvalue weighted by Crippen LogP contribution is -2.43. The molecule has 0 amide bonds. The fourth-order valence-electron chi connectivity index (χ4n) is 1.66. The summed E-state index contributed by atoms with van der Waals surface area (Å²) < 4.78 is 21.3. The molecule has 118 valence electrons. The van der Waals surface area contributed by atoms with Crippen LogP contribution in [0.15, 0.2) is 12.2 Å². The molecule has 0 aromatic carbocycles. The second kappa shape index (κ2) is 7.33. The molecule has 2 unspecified atom stereocenters. The molecule has 7 nitrogen and oxygen atoms in total. The molecule has 20 heavy (non-hydrogen) atoms. The largest absolute Gasteiger partial charge is 0.470 e. The van der Waals surface area contributed by atoms with E-state index in [2.05, 4.69) is 6.58 Å². The molecule has 0 fully saturated rings. The van der Waals surface area contributed by atoms with Crippen molar-refractivity contribution in [3.8, 4) is 0 Å². The number of phosphoric ester groups is 1. The lowest BCUT2D eigenvalue weighted by atomic mass is 10.1. The van der Waals surface area contributed by atoms with E-state index in [0.717, 1.165) is 0 Å². The third-order valence-corrected chi connectivity index (χ3v) is 2.86. The number of hydrogen-bond acceptors (Lipinski definition) is 4. The summed E-state index contributed by atoms with van der Waals surface area (Å²) in [6.45, 7) is 7.03. The highest BCUT2D eigenvalue weighted by Gasteiger charge is 2.29. The minimum Gasteiger partial charge on any atom is -0.459 e. The monoisotopic (exact) mass is 310 g/mol. The Bertz CT molecular complexity index is 397. The molecular formula is C12H25NO6P+. The molecule has 0 rings (SSSR count). The molecule has 0 radical (unpaired) electrons. The Labute approximate surface area is 120 Å². The van der Waals surface area contributed by atoms with Crippen molar-refractivity contribution in [3.63, 3.8) is 0 Å². The second-order valence-corrected chi connectivity index (χ2v) is 7.11. The van der Waals surface area contributed by atoms with Crippen molar-refractivity contribution in [2.45, 2.75) is 32.5 Å². The van der Waals surface area contributed by atoms with Crippen LogP contribution in [0.1, 0.15) is 20.3 Å². The van der Waals surface area contributed by atoms with Crippen LogP contribution in [0, 0.1) is 0 Å². The molecule has 0 saturated heterocycles. The van der Waals surface area contributed by atoms with Gasteiger partial charge in [-0.05, 0) is 13.8 Å². The molecule has 0 aliphatic heterocycles. The van der Waals surface area contributed by atoms with E-state index >= 15 is 0 Å². The molecule has 8 heteroatoms. The fourth-order valence-corrected chi connectivity index (χ4v) is 2.20. The number of carbonyl (C=O) groups excluding carboxylic acids is 1. The molecule has 2 N–H and O–H groups in total.